The van der Waals surface area contributed by atoms with E-state index in [1.807, 2.05) is 18.2 Å². The van der Waals surface area contributed by atoms with Crippen molar-refractivity contribution in [1.29, 1.82) is 0 Å². The number of nitrogens with zero attached hydrogens (tertiary/aromatic N) is 2. The van der Waals surface area contributed by atoms with Gasteiger partial charge in [0, 0.05) is 23.8 Å². The Kier molecular flexibility index (Phi) is 6.47. The molecule has 3 rings (SSSR count). The number of halogens is 2. The third-order valence-corrected chi connectivity index (χ3v) is 5.57. The number of anilines is 1. The smallest absolute Gasteiger partial charge is 0.264 e. The van der Waals surface area contributed by atoms with Crippen LogP contribution in [0.2, 0.25) is 10.0 Å². The molecule has 2 aromatic rings. The Morgan fingerprint density at radius 2 is 1.81 bits per heavy atom. The summed E-state index contributed by atoms with van der Waals surface area (Å²) in [6.45, 7) is 6.18. The normalized spacial score (nSPS) is 16.8. The Morgan fingerprint density at radius 1 is 1.11 bits per heavy atom. The van der Waals surface area contributed by atoms with Gasteiger partial charge in [0.1, 0.15) is 0 Å². The number of aliphatic imine (C=N–C) groups is 1. The molecule has 1 saturated heterocycles. The molecule has 0 bridgehead atoms. The first-order valence-electron chi connectivity index (χ1n) is 8.59. The summed E-state index contributed by atoms with van der Waals surface area (Å²) in [7, 11) is 0. The maximum Gasteiger partial charge on any atom is 0.264 e. The predicted molar refractivity (Wildman–Crippen MR) is 117 cm³/mol. The molecule has 1 amide bonds. The van der Waals surface area contributed by atoms with Gasteiger partial charge in [-0.2, -0.15) is 0 Å². The largest absolute Gasteiger partial charge is 0.372 e. The number of benzene rings is 2. The molecule has 1 aliphatic heterocycles. The van der Waals surface area contributed by atoms with Gasteiger partial charge in [-0.3, -0.25) is 4.79 Å². The van der Waals surface area contributed by atoms with Crippen molar-refractivity contribution in [3.8, 4) is 0 Å². The van der Waals surface area contributed by atoms with Crippen LogP contribution in [0.4, 0.5) is 11.4 Å². The number of thioether (sulfide) groups is 1. The van der Waals surface area contributed by atoms with Crippen LogP contribution in [0.3, 0.4) is 0 Å². The van der Waals surface area contributed by atoms with Crippen LogP contribution in [0.5, 0.6) is 0 Å². The number of carbonyl (C=O) groups excluding carboxylic acids is 1. The summed E-state index contributed by atoms with van der Waals surface area (Å²) in [5.41, 5.74) is 2.66. The molecule has 1 fully saturated rings. The van der Waals surface area contributed by atoms with E-state index < -0.39 is 0 Å². The fourth-order valence-electron chi connectivity index (χ4n) is 2.68. The number of amides is 1. The third kappa shape index (κ3) is 4.86. The molecule has 2 aromatic carbocycles. The summed E-state index contributed by atoms with van der Waals surface area (Å²) in [6.07, 6.45) is 1.86. The van der Waals surface area contributed by atoms with Crippen LogP contribution < -0.4 is 10.2 Å². The summed E-state index contributed by atoms with van der Waals surface area (Å²) in [4.78, 5) is 19.5. The van der Waals surface area contributed by atoms with Crippen molar-refractivity contribution in [2.24, 2.45) is 4.99 Å². The lowest BCUT2D eigenvalue weighted by molar-refractivity contribution is -0.115. The van der Waals surface area contributed by atoms with E-state index in [4.69, 9.17) is 23.2 Å². The molecule has 0 aliphatic carbocycles. The van der Waals surface area contributed by atoms with Gasteiger partial charge < -0.3 is 10.2 Å². The number of carbonyl (C=O) groups is 1. The lowest BCUT2D eigenvalue weighted by Crippen LogP contribution is -2.21. The highest BCUT2D eigenvalue weighted by molar-refractivity contribution is 8.18. The number of amidine groups is 1. The molecular formula is C20H19Cl2N3OS. The van der Waals surface area contributed by atoms with Gasteiger partial charge in [0.25, 0.3) is 5.91 Å². The highest BCUT2D eigenvalue weighted by atomic mass is 35.5. The van der Waals surface area contributed by atoms with Gasteiger partial charge in [0.15, 0.2) is 5.17 Å². The fourth-order valence-corrected chi connectivity index (χ4v) is 3.84. The molecule has 1 aliphatic rings. The van der Waals surface area contributed by atoms with Crippen molar-refractivity contribution < 1.29 is 4.79 Å². The average molecular weight is 420 g/mol. The van der Waals surface area contributed by atoms with Crippen molar-refractivity contribution in [3.63, 3.8) is 0 Å². The van der Waals surface area contributed by atoms with E-state index in [9.17, 15) is 4.79 Å². The van der Waals surface area contributed by atoms with Crippen LogP contribution >= 0.6 is 35.0 Å². The monoisotopic (exact) mass is 419 g/mol. The van der Waals surface area contributed by atoms with Gasteiger partial charge in [0.2, 0.25) is 0 Å². The Bertz CT molecular complexity index is 906. The predicted octanol–water partition coefficient (Wildman–Crippen LogP) is 5.73. The first kappa shape index (κ1) is 19.8. The first-order valence-corrected chi connectivity index (χ1v) is 10.2. The molecule has 140 valence electrons. The molecule has 0 spiro atoms. The van der Waals surface area contributed by atoms with Gasteiger partial charge in [-0.15, -0.1) is 0 Å². The van der Waals surface area contributed by atoms with Gasteiger partial charge in [0.05, 0.1) is 15.6 Å². The maximum atomic E-state index is 12.3. The third-order valence-electron chi connectivity index (χ3n) is 4.10. The van der Waals surface area contributed by atoms with Gasteiger partial charge in [-0.1, -0.05) is 35.3 Å². The fraction of sp³-hybridized carbons (Fsp3) is 0.200. The second-order valence-corrected chi connectivity index (χ2v) is 7.72. The second-order valence-electron chi connectivity index (χ2n) is 5.84. The zero-order valence-electron chi connectivity index (χ0n) is 15.0. The van der Waals surface area contributed by atoms with E-state index in [0.29, 0.717) is 25.8 Å². The molecule has 0 aromatic heterocycles. The van der Waals surface area contributed by atoms with Crippen molar-refractivity contribution in [1.82, 2.24) is 5.32 Å². The quantitative estimate of drug-likeness (QED) is 0.629. The molecular weight excluding hydrogens is 401 g/mol. The molecule has 27 heavy (non-hydrogen) atoms. The Labute approximate surface area is 173 Å². The topological polar surface area (TPSA) is 44.7 Å². The molecule has 7 heteroatoms. The van der Waals surface area contributed by atoms with Gasteiger partial charge >= 0.3 is 0 Å². The van der Waals surface area contributed by atoms with E-state index in [1.54, 1.807) is 18.2 Å². The average Bonchev–Trinajstić information content (AvgIpc) is 2.99. The van der Waals surface area contributed by atoms with Crippen LogP contribution in [0.25, 0.3) is 6.08 Å². The highest BCUT2D eigenvalue weighted by Crippen LogP contribution is 2.32. The van der Waals surface area contributed by atoms with E-state index in [2.05, 4.69) is 41.2 Å². The summed E-state index contributed by atoms with van der Waals surface area (Å²) in [5.74, 6) is -0.176. The summed E-state index contributed by atoms with van der Waals surface area (Å²) in [5, 5.41) is 4.26. The lowest BCUT2D eigenvalue weighted by Gasteiger charge is -2.20. The van der Waals surface area contributed by atoms with Gasteiger partial charge in [-0.05, 0) is 67.6 Å². The molecule has 4 nitrogen and oxygen atoms in total. The van der Waals surface area contributed by atoms with E-state index in [1.165, 1.54) is 17.4 Å². The van der Waals surface area contributed by atoms with Crippen LogP contribution in [0.1, 0.15) is 19.4 Å². The van der Waals surface area contributed by atoms with E-state index in [-0.39, 0.29) is 5.91 Å². The van der Waals surface area contributed by atoms with Crippen molar-refractivity contribution in [2.75, 3.05) is 18.0 Å². The van der Waals surface area contributed by atoms with Crippen molar-refractivity contribution in [2.45, 2.75) is 13.8 Å². The molecule has 0 radical (unpaired) electrons. The zero-order chi connectivity index (χ0) is 19.4. The summed E-state index contributed by atoms with van der Waals surface area (Å²) >= 11 is 13.4. The maximum absolute atomic E-state index is 12.3. The molecule has 1 N–H and O–H groups in total. The van der Waals surface area contributed by atoms with Crippen LogP contribution in [-0.4, -0.2) is 24.2 Å². The van der Waals surface area contributed by atoms with Crippen LogP contribution in [0, 0.1) is 0 Å². The zero-order valence-corrected chi connectivity index (χ0v) is 17.3. The van der Waals surface area contributed by atoms with E-state index >= 15 is 0 Å². The number of hydrogen-bond donors (Lipinski definition) is 1. The SMILES string of the molecule is CCN(CC)c1ccc(/C=C2/SC(=Nc3cc(Cl)ccc3Cl)NC2=O)cc1. The minimum Gasteiger partial charge on any atom is -0.372 e. The number of nitrogens with one attached hydrogen (secondary N) is 1. The molecule has 0 saturated carbocycles. The lowest BCUT2D eigenvalue weighted by atomic mass is 10.2. The van der Waals surface area contributed by atoms with Crippen molar-refractivity contribution >= 4 is 63.5 Å². The Hall–Kier alpha value is -1.95. The standard InChI is InChI=1S/C20H19Cl2N3OS/c1-3-25(4-2)15-8-5-13(6-9-15)11-18-19(26)24-20(27-18)23-17-12-14(21)7-10-16(17)22/h5-12H,3-4H2,1-2H3,(H,23,24,26)/b18-11+. The highest BCUT2D eigenvalue weighted by Gasteiger charge is 2.24. The van der Waals surface area contributed by atoms with E-state index in [0.717, 1.165) is 18.7 Å². The minimum absolute atomic E-state index is 0.176. The Morgan fingerprint density at radius 3 is 2.48 bits per heavy atom. The molecule has 0 atom stereocenters. The summed E-state index contributed by atoms with van der Waals surface area (Å²) < 4.78 is 0. The molecule has 1 heterocycles. The van der Waals surface area contributed by atoms with Crippen LogP contribution in [0.15, 0.2) is 52.4 Å². The Balaban J connectivity index is 1.79. The molecule has 0 unspecified atom stereocenters. The second kappa shape index (κ2) is 8.83. The number of hydrogen-bond acceptors (Lipinski definition) is 4. The first-order chi connectivity index (χ1) is 13.0. The summed E-state index contributed by atoms with van der Waals surface area (Å²) in [6, 6.07) is 13.2. The minimum atomic E-state index is -0.176. The number of rotatable bonds is 5. The van der Waals surface area contributed by atoms with Crippen LogP contribution in [-0.2, 0) is 4.79 Å². The van der Waals surface area contributed by atoms with Crippen molar-refractivity contribution in [3.05, 3.63) is 63.0 Å². The van der Waals surface area contributed by atoms with Gasteiger partial charge in [-0.25, -0.2) is 4.99 Å².